The van der Waals surface area contributed by atoms with Crippen molar-refractivity contribution in [2.24, 2.45) is 5.92 Å². The zero-order valence-corrected chi connectivity index (χ0v) is 14.8. The molecule has 3 aliphatic rings. The molecule has 4 rings (SSSR count). The monoisotopic (exact) mass is 367 g/mol. The van der Waals surface area contributed by atoms with E-state index in [2.05, 4.69) is 0 Å². The van der Waals surface area contributed by atoms with Crippen molar-refractivity contribution < 1.29 is 27.8 Å². The molecule has 3 unspecified atom stereocenters. The van der Waals surface area contributed by atoms with Crippen molar-refractivity contribution in [2.75, 3.05) is 6.79 Å². The summed E-state index contributed by atoms with van der Waals surface area (Å²) in [5.74, 6) is -0.0473. The molecule has 1 saturated carbocycles. The van der Waals surface area contributed by atoms with Gasteiger partial charge in [0.15, 0.2) is 11.5 Å². The minimum Gasteiger partial charge on any atom is -0.480 e. The van der Waals surface area contributed by atoms with Gasteiger partial charge in [0.25, 0.3) is 0 Å². The molecule has 3 atom stereocenters. The van der Waals surface area contributed by atoms with Crippen molar-refractivity contribution in [3.63, 3.8) is 0 Å². The molecule has 1 N–H and O–H groups in total. The van der Waals surface area contributed by atoms with E-state index in [0.29, 0.717) is 23.5 Å². The summed E-state index contributed by atoms with van der Waals surface area (Å²) in [6.07, 6.45) is 3.96. The number of sulfonamides is 1. The Morgan fingerprint density at radius 2 is 1.88 bits per heavy atom. The molecule has 1 aliphatic carbocycles. The first-order chi connectivity index (χ1) is 11.9. The van der Waals surface area contributed by atoms with Crippen molar-refractivity contribution in [2.45, 2.75) is 56.0 Å². The van der Waals surface area contributed by atoms with Gasteiger partial charge in [-0.3, -0.25) is 4.79 Å². The average molecular weight is 367 g/mol. The van der Waals surface area contributed by atoms with Gasteiger partial charge in [-0.15, -0.1) is 0 Å². The predicted octanol–water partition coefficient (Wildman–Crippen LogP) is 2.13. The Hall–Kier alpha value is -1.80. The topological polar surface area (TPSA) is 93.1 Å². The quantitative estimate of drug-likeness (QED) is 0.880. The number of aliphatic carboxylic acids is 1. The number of fused-ring (bicyclic) bond motifs is 2. The highest BCUT2D eigenvalue weighted by molar-refractivity contribution is 7.89. The third kappa shape index (κ3) is 2.58. The number of aryl methyl sites for hydroxylation is 1. The lowest BCUT2D eigenvalue weighted by molar-refractivity contribution is -0.141. The molecule has 2 fully saturated rings. The van der Waals surface area contributed by atoms with E-state index in [-0.39, 0.29) is 23.6 Å². The second-order valence-corrected chi connectivity index (χ2v) is 8.82. The average Bonchev–Trinajstić information content (AvgIpc) is 3.17. The van der Waals surface area contributed by atoms with Crippen LogP contribution in [-0.2, 0) is 14.8 Å². The molecule has 1 saturated heterocycles. The highest BCUT2D eigenvalue weighted by Crippen LogP contribution is 2.44. The van der Waals surface area contributed by atoms with Crippen LogP contribution in [0.25, 0.3) is 0 Å². The number of ether oxygens (including phenoxy) is 2. The van der Waals surface area contributed by atoms with Gasteiger partial charge in [0.1, 0.15) is 6.04 Å². The zero-order chi connectivity index (χ0) is 17.8. The van der Waals surface area contributed by atoms with Gasteiger partial charge in [0.2, 0.25) is 16.8 Å². The lowest BCUT2D eigenvalue weighted by Crippen LogP contribution is -2.46. The van der Waals surface area contributed by atoms with Crippen LogP contribution in [0.1, 0.15) is 37.7 Å². The van der Waals surface area contributed by atoms with E-state index in [1.54, 1.807) is 13.0 Å². The lowest BCUT2D eigenvalue weighted by atomic mass is 9.85. The minimum absolute atomic E-state index is 0.0600. The molecule has 8 heteroatoms. The molecular formula is C17H21NO6S. The van der Waals surface area contributed by atoms with Crippen LogP contribution in [-0.4, -0.2) is 42.7 Å². The van der Waals surface area contributed by atoms with Gasteiger partial charge in [-0.2, -0.15) is 4.31 Å². The van der Waals surface area contributed by atoms with Gasteiger partial charge in [-0.05, 0) is 43.7 Å². The first-order valence-corrected chi connectivity index (χ1v) is 10.00. The molecule has 0 spiro atoms. The number of nitrogens with zero attached hydrogens (tertiary/aromatic N) is 1. The van der Waals surface area contributed by atoms with Crippen molar-refractivity contribution >= 4 is 16.0 Å². The molecule has 0 radical (unpaired) electrons. The number of carboxylic acid groups (broad SMARTS) is 1. The molecule has 2 aliphatic heterocycles. The molecule has 136 valence electrons. The van der Waals surface area contributed by atoms with Crippen LogP contribution in [0.15, 0.2) is 17.0 Å². The van der Waals surface area contributed by atoms with Crippen LogP contribution in [0.3, 0.4) is 0 Å². The van der Waals surface area contributed by atoms with E-state index in [1.807, 2.05) is 0 Å². The van der Waals surface area contributed by atoms with Crippen LogP contribution < -0.4 is 9.47 Å². The van der Waals surface area contributed by atoms with Crippen molar-refractivity contribution in [3.8, 4) is 11.5 Å². The predicted molar refractivity (Wildman–Crippen MR) is 88.1 cm³/mol. The number of rotatable bonds is 3. The second-order valence-electron chi connectivity index (χ2n) is 7.01. The Morgan fingerprint density at radius 3 is 2.60 bits per heavy atom. The van der Waals surface area contributed by atoms with Crippen LogP contribution in [0, 0.1) is 12.8 Å². The van der Waals surface area contributed by atoms with Gasteiger partial charge < -0.3 is 14.6 Å². The van der Waals surface area contributed by atoms with Crippen LogP contribution in [0.5, 0.6) is 11.5 Å². The Morgan fingerprint density at radius 1 is 1.20 bits per heavy atom. The summed E-state index contributed by atoms with van der Waals surface area (Å²) in [6, 6.07) is 1.87. The van der Waals surface area contributed by atoms with Crippen LogP contribution in [0.2, 0.25) is 0 Å². The van der Waals surface area contributed by atoms with E-state index in [1.165, 1.54) is 10.4 Å². The molecule has 0 aromatic heterocycles. The Labute approximate surface area is 146 Å². The maximum Gasteiger partial charge on any atom is 0.322 e. The lowest BCUT2D eigenvalue weighted by Gasteiger charge is -2.32. The third-order valence-corrected chi connectivity index (χ3v) is 7.62. The van der Waals surface area contributed by atoms with E-state index in [9.17, 15) is 18.3 Å². The number of carbonyl (C=O) groups is 1. The summed E-state index contributed by atoms with van der Waals surface area (Å²) in [6.45, 7) is 1.75. The SMILES string of the molecule is Cc1cc2c(cc1S(=O)(=O)N1C(C(=O)O)CC3CCCCC31)OCO2. The van der Waals surface area contributed by atoms with Crippen LogP contribution in [0.4, 0.5) is 0 Å². The fraction of sp³-hybridized carbons (Fsp3) is 0.588. The van der Waals surface area contributed by atoms with Crippen molar-refractivity contribution in [1.82, 2.24) is 4.31 Å². The molecule has 0 amide bonds. The standard InChI is InChI=1S/C17H21NO6S/c1-10-6-14-15(24-9-23-14)8-16(10)25(21,22)18-12-5-3-2-4-11(12)7-13(18)17(19)20/h6,8,11-13H,2-5,7,9H2,1H3,(H,19,20). The molecule has 7 nitrogen and oxygen atoms in total. The highest BCUT2D eigenvalue weighted by atomic mass is 32.2. The Bertz CT molecular complexity index is 821. The van der Waals surface area contributed by atoms with Gasteiger partial charge in [-0.25, -0.2) is 8.42 Å². The number of hydrogen-bond acceptors (Lipinski definition) is 5. The Kier molecular flexibility index (Phi) is 3.92. The largest absolute Gasteiger partial charge is 0.480 e. The third-order valence-electron chi connectivity index (χ3n) is 5.54. The zero-order valence-electron chi connectivity index (χ0n) is 14.0. The molecule has 0 bridgehead atoms. The molecule has 25 heavy (non-hydrogen) atoms. The number of benzene rings is 1. The van der Waals surface area contributed by atoms with E-state index < -0.39 is 22.0 Å². The summed E-state index contributed by atoms with van der Waals surface area (Å²) in [5.41, 5.74) is 0.535. The highest BCUT2D eigenvalue weighted by Gasteiger charge is 2.51. The smallest absolute Gasteiger partial charge is 0.322 e. The van der Waals surface area contributed by atoms with E-state index in [4.69, 9.17) is 9.47 Å². The molecule has 2 heterocycles. The normalized spacial score (nSPS) is 28.8. The first-order valence-electron chi connectivity index (χ1n) is 8.56. The Balaban J connectivity index is 1.79. The first kappa shape index (κ1) is 16.7. The van der Waals surface area contributed by atoms with Gasteiger partial charge in [-0.1, -0.05) is 12.8 Å². The second kappa shape index (κ2) is 5.88. The molecule has 1 aromatic carbocycles. The fourth-order valence-corrected chi connectivity index (χ4v) is 6.49. The fourth-order valence-electron chi connectivity index (χ4n) is 4.39. The van der Waals surface area contributed by atoms with E-state index >= 15 is 0 Å². The van der Waals surface area contributed by atoms with Gasteiger partial charge in [0.05, 0.1) is 4.90 Å². The summed E-state index contributed by atoms with van der Waals surface area (Å²) in [7, 11) is -3.94. The molecular weight excluding hydrogens is 346 g/mol. The maximum absolute atomic E-state index is 13.4. The molecule has 1 aromatic rings. The summed E-state index contributed by atoms with van der Waals surface area (Å²) < 4.78 is 38.6. The minimum atomic E-state index is -3.94. The van der Waals surface area contributed by atoms with Crippen molar-refractivity contribution in [1.29, 1.82) is 0 Å². The van der Waals surface area contributed by atoms with Crippen molar-refractivity contribution in [3.05, 3.63) is 17.7 Å². The van der Waals surface area contributed by atoms with E-state index in [0.717, 1.165) is 25.7 Å². The van der Waals surface area contributed by atoms with Crippen LogP contribution >= 0.6 is 0 Å². The number of carboxylic acids is 1. The summed E-state index contributed by atoms with van der Waals surface area (Å²) >= 11 is 0. The summed E-state index contributed by atoms with van der Waals surface area (Å²) in [4.78, 5) is 11.9. The van der Waals surface area contributed by atoms with Gasteiger partial charge >= 0.3 is 5.97 Å². The maximum atomic E-state index is 13.4. The number of hydrogen-bond donors (Lipinski definition) is 1. The van der Waals surface area contributed by atoms with Gasteiger partial charge in [0, 0.05) is 12.1 Å². The summed E-state index contributed by atoms with van der Waals surface area (Å²) in [5, 5.41) is 9.61.